The summed E-state index contributed by atoms with van der Waals surface area (Å²) < 4.78 is 2.09. The second kappa shape index (κ2) is 7.07. The van der Waals surface area contributed by atoms with E-state index in [-0.39, 0.29) is 18.0 Å². The van der Waals surface area contributed by atoms with E-state index in [0.717, 1.165) is 25.2 Å². The maximum Gasteiger partial charge on any atom is 0.224 e. The second-order valence-corrected chi connectivity index (χ2v) is 6.39. The van der Waals surface area contributed by atoms with E-state index < -0.39 is 0 Å². The summed E-state index contributed by atoms with van der Waals surface area (Å²) in [5.41, 5.74) is 6.04. The Morgan fingerprint density at radius 2 is 2.19 bits per heavy atom. The normalized spacial score (nSPS) is 20.8. The summed E-state index contributed by atoms with van der Waals surface area (Å²) in [7, 11) is 0. The number of amides is 1. The number of aryl methyl sites for hydroxylation is 1. The Hall–Kier alpha value is -1.36. The minimum atomic E-state index is 0.0497. The zero-order valence-electron chi connectivity index (χ0n) is 13.5. The van der Waals surface area contributed by atoms with Gasteiger partial charge in [-0.15, -0.1) is 0 Å². The SMILES string of the molecule is CC(C)c1nccn1CCC(=O)N1CCCC[C@H]1[C@H](C)N. The van der Waals surface area contributed by atoms with Gasteiger partial charge in [0.05, 0.1) is 0 Å². The van der Waals surface area contributed by atoms with Gasteiger partial charge in [0, 0.05) is 49.9 Å². The molecular weight excluding hydrogens is 264 g/mol. The van der Waals surface area contributed by atoms with Crippen LogP contribution < -0.4 is 5.73 Å². The fourth-order valence-electron chi connectivity index (χ4n) is 3.18. The summed E-state index contributed by atoms with van der Waals surface area (Å²) in [5, 5.41) is 0. The van der Waals surface area contributed by atoms with E-state index in [1.807, 2.05) is 24.2 Å². The second-order valence-electron chi connectivity index (χ2n) is 6.39. The molecule has 1 saturated heterocycles. The molecule has 1 aromatic heterocycles. The number of nitrogens with two attached hydrogens (primary N) is 1. The Morgan fingerprint density at radius 1 is 1.43 bits per heavy atom. The van der Waals surface area contributed by atoms with Gasteiger partial charge in [-0.3, -0.25) is 4.79 Å². The van der Waals surface area contributed by atoms with Crippen molar-refractivity contribution in [1.29, 1.82) is 0 Å². The molecule has 0 bridgehead atoms. The maximum atomic E-state index is 12.5. The number of hydrogen-bond donors (Lipinski definition) is 1. The summed E-state index contributed by atoms with van der Waals surface area (Å²) >= 11 is 0. The molecule has 0 spiro atoms. The number of carbonyl (C=O) groups is 1. The highest BCUT2D eigenvalue weighted by molar-refractivity contribution is 5.76. The average molecular weight is 292 g/mol. The van der Waals surface area contributed by atoms with Crippen LogP contribution in [0.15, 0.2) is 12.4 Å². The number of aromatic nitrogens is 2. The molecule has 1 aliphatic heterocycles. The molecule has 0 aromatic carbocycles. The van der Waals surface area contributed by atoms with Crippen molar-refractivity contribution in [2.24, 2.45) is 5.73 Å². The van der Waals surface area contributed by atoms with Crippen LogP contribution in [0.2, 0.25) is 0 Å². The summed E-state index contributed by atoms with van der Waals surface area (Å²) in [6.07, 6.45) is 7.60. The summed E-state index contributed by atoms with van der Waals surface area (Å²) in [6, 6.07) is 0.257. The molecule has 2 rings (SSSR count). The van der Waals surface area contributed by atoms with Gasteiger partial charge in [0.15, 0.2) is 0 Å². The smallest absolute Gasteiger partial charge is 0.224 e. The molecule has 0 radical (unpaired) electrons. The van der Waals surface area contributed by atoms with Crippen LogP contribution >= 0.6 is 0 Å². The monoisotopic (exact) mass is 292 g/mol. The van der Waals surface area contributed by atoms with Gasteiger partial charge in [0.2, 0.25) is 5.91 Å². The van der Waals surface area contributed by atoms with Crippen LogP contribution in [0.25, 0.3) is 0 Å². The number of imidazole rings is 1. The summed E-state index contributed by atoms with van der Waals surface area (Å²) in [5.74, 6) is 1.65. The minimum Gasteiger partial charge on any atom is -0.338 e. The first-order valence-electron chi connectivity index (χ1n) is 8.06. The molecule has 0 unspecified atom stereocenters. The van der Waals surface area contributed by atoms with Gasteiger partial charge in [-0.25, -0.2) is 4.98 Å². The molecular formula is C16H28N4O. The van der Waals surface area contributed by atoms with Gasteiger partial charge < -0.3 is 15.2 Å². The van der Waals surface area contributed by atoms with Crippen molar-refractivity contribution in [3.8, 4) is 0 Å². The van der Waals surface area contributed by atoms with Crippen LogP contribution in [0.4, 0.5) is 0 Å². The molecule has 21 heavy (non-hydrogen) atoms. The van der Waals surface area contributed by atoms with Crippen LogP contribution in [-0.2, 0) is 11.3 Å². The van der Waals surface area contributed by atoms with Crippen LogP contribution in [0, 0.1) is 0 Å². The van der Waals surface area contributed by atoms with E-state index in [1.165, 1.54) is 6.42 Å². The third kappa shape index (κ3) is 3.84. The molecule has 0 saturated carbocycles. The minimum absolute atomic E-state index is 0.0497. The third-order valence-electron chi connectivity index (χ3n) is 4.31. The van der Waals surface area contributed by atoms with E-state index in [1.54, 1.807) is 0 Å². The van der Waals surface area contributed by atoms with Crippen molar-refractivity contribution in [3.05, 3.63) is 18.2 Å². The molecule has 1 aliphatic rings. The van der Waals surface area contributed by atoms with Gasteiger partial charge in [-0.05, 0) is 26.2 Å². The van der Waals surface area contributed by atoms with Crippen LogP contribution in [0.5, 0.6) is 0 Å². The van der Waals surface area contributed by atoms with Crippen molar-refractivity contribution in [2.75, 3.05) is 6.54 Å². The molecule has 5 heteroatoms. The van der Waals surface area contributed by atoms with Crippen molar-refractivity contribution < 1.29 is 4.79 Å². The van der Waals surface area contributed by atoms with E-state index in [2.05, 4.69) is 23.4 Å². The van der Waals surface area contributed by atoms with Crippen LogP contribution in [0.1, 0.15) is 58.2 Å². The predicted octanol–water partition coefficient (Wildman–Crippen LogP) is 2.12. The zero-order chi connectivity index (χ0) is 15.4. The van der Waals surface area contributed by atoms with Gasteiger partial charge in [0.1, 0.15) is 5.82 Å². The number of likely N-dealkylation sites (tertiary alicyclic amines) is 1. The average Bonchev–Trinajstić information content (AvgIpc) is 2.93. The van der Waals surface area contributed by atoms with Crippen molar-refractivity contribution in [2.45, 2.75) is 71.0 Å². The number of carbonyl (C=O) groups excluding carboxylic acids is 1. The standard InChI is InChI=1S/C16H28N4O/c1-12(2)16-18-8-11-19(16)10-7-15(21)20-9-5-4-6-14(20)13(3)17/h8,11-14H,4-7,9-10,17H2,1-3H3/t13-,14-/m0/s1. The maximum absolute atomic E-state index is 12.5. The van der Waals surface area contributed by atoms with E-state index >= 15 is 0 Å². The third-order valence-corrected chi connectivity index (χ3v) is 4.31. The van der Waals surface area contributed by atoms with Crippen molar-refractivity contribution in [3.63, 3.8) is 0 Å². The fraction of sp³-hybridized carbons (Fsp3) is 0.750. The lowest BCUT2D eigenvalue weighted by atomic mass is 9.96. The quantitative estimate of drug-likeness (QED) is 0.904. The predicted molar refractivity (Wildman–Crippen MR) is 83.9 cm³/mol. The highest BCUT2D eigenvalue weighted by atomic mass is 16.2. The number of rotatable bonds is 5. The fourth-order valence-corrected chi connectivity index (χ4v) is 3.18. The first-order chi connectivity index (χ1) is 10.0. The van der Waals surface area contributed by atoms with E-state index in [4.69, 9.17) is 5.73 Å². The lowest BCUT2D eigenvalue weighted by molar-refractivity contribution is -0.135. The van der Waals surface area contributed by atoms with E-state index in [9.17, 15) is 4.79 Å². The molecule has 2 heterocycles. The Bertz CT molecular complexity index is 467. The largest absolute Gasteiger partial charge is 0.338 e. The highest BCUT2D eigenvalue weighted by Gasteiger charge is 2.28. The Balaban J connectivity index is 1.95. The molecule has 0 aliphatic carbocycles. The molecule has 118 valence electrons. The number of nitrogens with zero attached hydrogens (tertiary/aromatic N) is 3. The van der Waals surface area contributed by atoms with Crippen LogP contribution in [0.3, 0.4) is 0 Å². The number of hydrogen-bond acceptors (Lipinski definition) is 3. The molecule has 2 atom stereocenters. The first-order valence-corrected chi connectivity index (χ1v) is 8.06. The van der Waals surface area contributed by atoms with Crippen molar-refractivity contribution >= 4 is 5.91 Å². The molecule has 1 aromatic rings. The summed E-state index contributed by atoms with van der Waals surface area (Å²) in [6.45, 7) is 7.80. The lowest BCUT2D eigenvalue weighted by Crippen LogP contribution is -2.51. The molecule has 1 amide bonds. The first kappa shape index (κ1) is 16.0. The van der Waals surface area contributed by atoms with Crippen molar-refractivity contribution in [1.82, 2.24) is 14.5 Å². The topological polar surface area (TPSA) is 64.2 Å². The van der Waals surface area contributed by atoms with Crippen LogP contribution in [-0.4, -0.2) is 39.0 Å². The van der Waals surface area contributed by atoms with Gasteiger partial charge in [-0.2, -0.15) is 0 Å². The molecule has 5 nitrogen and oxygen atoms in total. The lowest BCUT2D eigenvalue weighted by Gasteiger charge is -2.38. The molecule has 2 N–H and O–H groups in total. The Morgan fingerprint density at radius 3 is 2.86 bits per heavy atom. The molecule has 1 fully saturated rings. The highest BCUT2D eigenvalue weighted by Crippen LogP contribution is 2.20. The van der Waals surface area contributed by atoms with Gasteiger partial charge in [0.25, 0.3) is 0 Å². The number of piperidine rings is 1. The Kier molecular flexibility index (Phi) is 5.39. The summed E-state index contributed by atoms with van der Waals surface area (Å²) in [4.78, 5) is 18.9. The van der Waals surface area contributed by atoms with E-state index in [0.29, 0.717) is 18.9 Å². The van der Waals surface area contributed by atoms with Gasteiger partial charge >= 0.3 is 0 Å². The zero-order valence-corrected chi connectivity index (χ0v) is 13.5. The Labute approximate surface area is 127 Å². The van der Waals surface area contributed by atoms with Gasteiger partial charge in [-0.1, -0.05) is 13.8 Å².